The van der Waals surface area contributed by atoms with E-state index in [2.05, 4.69) is 20.3 Å². The van der Waals surface area contributed by atoms with Crippen molar-refractivity contribution in [3.63, 3.8) is 0 Å². The smallest absolute Gasteiger partial charge is 0.321 e. The standard InChI is InChI=1S/C13H19N5O3/c1-20-13-16-10(8-14-11(19)9-2-3-9)15-12(17-13)18-4-6-21-7-5-18/h9H,2-8H2,1H3,(H,14,19). The molecule has 1 aliphatic heterocycles. The average molecular weight is 293 g/mol. The minimum atomic E-state index is 0.0716. The SMILES string of the molecule is COc1nc(CNC(=O)C2CC2)nc(N2CCOCC2)n1. The number of amides is 1. The van der Waals surface area contributed by atoms with Crippen LogP contribution in [0, 0.1) is 5.92 Å². The number of nitrogens with one attached hydrogen (secondary N) is 1. The molecule has 114 valence electrons. The number of carbonyl (C=O) groups is 1. The van der Waals surface area contributed by atoms with Crippen molar-refractivity contribution in [1.29, 1.82) is 0 Å². The minimum Gasteiger partial charge on any atom is -0.467 e. The third-order valence-corrected chi connectivity index (χ3v) is 3.49. The molecule has 1 saturated carbocycles. The zero-order chi connectivity index (χ0) is 14.7. The van der Waals surface area contributed by atoms with Crippen LogP contribution in [0.4, 0.5) is 5.95 Å². The van der Waals surface area contributed by atoms with Gasteiger partial charge in [-0.05, 0) is 12.8 Å². The van der Waals surface area contributed by atoms with E-state index in [4.69, 9.17) is 9.47 Å². The Bertz CT molecular complexity index is 515. The summed E-state index contributed by atoms with van der Waals surface area (Å²) in [5.41, 5.74) is 0. The summed E-state index contributed by atoms with van der Waals surface area (Å²) >= 11 is 0. The van der Waals surface area contributed by atoms with E-state index in [9.17, 15) is 4.79 Å². The van der Waals surface area contributed by atoms with Gasteiger partial charge in [-0.25, -0.2) is 0 Å². The Hall–Kier alpha value is -1.96. The summed E-state index contributed by atoms with van der Waals surface area (Å²) in [6.45, 7) is 3.08. The van der Waals surface area contributed by atoms with Crippen LogP contribution < -0.4 is 15.0 Å². The summed E-state index contributed by atoms with van der Waals surface area (Å²) in [6.07, 6.45) is 1.96. The Kier molecular flexibility index (Phi) is 4.14. The Morgan fingerprint density at radius 2 is 2.10 bits per heavy atom. The van der Waals surface area contributed by atoms with Gasteiger partial charge in [0, 0.05) is 19.0 Å². The lowest BCUT2D eigenvalue weighted by Crippen LogP contribution is -2.37. The molecule has 8 heteroatoms. The second-order valence-corrected chi connectivity index (χ2v) is 5.13. The molecule has 0 unspecified atom stereocenters. The molecule has 0 aromatic carbocycles. The summed E-state index contributed by atoms with van der Waals surface area (Å²) in [7, 11) is 1.52. The van der Waals surface area contributed by atoms with Gasteiger partial charge >= 0.3 is 6.01 Å². The summed E-state index contributed by atoms with van der Waals surface area (Å²) < 4.78 is 10.4. The summed E-state index contributed by atoms with van der Waals surface area (Å²) in [5.74, 6) is 1.33. The van der Waals surface area contributed by atoms with Gasteiger partial charge in [0.05, 0.1) is 26.9 Å². The number of aromatic nitrogens is 3. The molecule has 1 N–H and O–H groups in total. The molecule has 1 aliphatic carbocycles. The highest BCUT2D eigenvalue weighted by Gasteiger charge is 2.29. The van der Waals surface area contributed by atoms with Crippen molar-refractivity contribution in [2.45, 2.75) is 19.4 Å². The molecule has 8 nitrogen and oxygen atoms in total. The molecule has 1 aromatic rings. The molecule has 21 heavy (non-hydrogen) atoms. The molecule has 1 amide bonds. The number of hydrogen-bond acceptors (Lipinski definition) is 7. The van der Waals surface area contributed by atoms with Crippen LogP contribution in [0.3, 0.4) is 0 Å². The molecule has 2 heterocycles. The zero-order valence-corrected chi connectivity index (χ0v) is 12.0. The van der Waals surface area contributed by atoms with Crippen molar-refractivity contribution >= 4 is 11.9 Å². The van der Waals surface area contributed by atoms with Gasteiger partial charge in [0.25, 0.3) is 0 Å². The highest BCUT2D eigenvalue weighted by atomic mass is 16.5. The maximum Gasteiger partial charge on any atom is 0.321 e. The van der Waals surface area contributed by atoms with Crippen molar-refractivity contribution < 1.29 is 14.3 Å². The predicted molar refractivity (Wildman–Crippen MR) is 74.0 cm³/mol. The second kappa shape index (κ2) is 6.21. The molecule has 0 spiro atoms. The lowest BCUT2D eigenvalue weighted by Gasteiger charge is -2.26. The molecule has 0 radical (unpaired) electrons. The Balaban J connectivity index is 1.70. The number of carbonyl (C=O) groups excluding carboxylic acids is 1. The lowest BCUT2D eigenvalue weighted by atomic mass is 10.4. The molecular formula is C13H19N5O3. The van der Waals surface area contributed by atoms with Crippen molar-refractivity contribution in [2.24, 2.45) is 5.92 Å². The number of morpholine rings is 1. The average Bonchev–Trinajstić information content (AvgIpc) is 3.38. The van der Waals surface area contributed by atoms with Crippen molar-refractivity contribution in [3.05, 3.63) is 5.82 Å². The fourth-order valence-corrected chi connectivity index (χ4v) is 2.12. The highest BCUT2D eigenvalue weighted by molar-refractivity contribution is 5.80. The van der Waals surface area contributed by atoms with Crippen LogP contribution in [-0.2, 0) is 16.1 Å². The quantitative estimate of drug-likeness (QED) is 0.800. The Morgan fingerprint density at radius 1 is 1.33 bits per heavy atom. The first-order chi connectivity index (χ1) is 10.3. The van der Waals surface area contributed by atoms with Gasteiger partial charge in [-0.3, -0.25) is 4.79 Å². The summed E-state index contributed by atoms with van der Waals surface area (Å²) in [4.78, 5) is 26.6. The van der Waals surface area contributed by atoms with Gasteiger partial charge in [0.15, 0.2) is 5.82 Å². The molecule has 1 saturated heterocycles. The zero-order valence-electron chi connectivity index (χ0n) is 12.0. The third kappa shape index (κ3) is 3.57. The summed E-state index contributed by atoms with van der Waals surface area (Å²) in [6, 6.07) is 0.266. The number of hydrogen-bond donors (Lipinski definition) is 1. The van der Waals surface area contributed by atoms with Crippen LogP contribution in [0.1, 0.15) is 18.7 Å². The van der Waals surface area contributed by atoms with Gasteiger partial charge in [-0.1, -0.05) is 0 Å². The predicted octanol–water partition coefficient (Wildman–Crippen LogP) is -0.257. The molecule has 1 aromatic heterocycles. The second-order valence-electron chi connectivity index (χ2n) is 5.13. The maximum absolute atomic E-state index is 11.7. The van der Waals surface area contributed by atoms with E-state index in [1.807, 2.05) is 4.90 Å². The van der Waals surface area contributed by atoms with Gasteiger partial charge < -0.3 is 19.7 Å². The van der Waals surface area contributed by atoms with Crippen molar-refractivity contribution in [3.8, 4) is 6.01 Å². The number of anilines is 1. The van der Waals surface area contributed by atoms with Gasteiger partial charge in [-0.2, -0.15) is 15.0 Å². The minimum absolute atomic E-state index is 0.0716. The van der Waals surface area contributed by atoms with Crippen LogP contribution in [-0.4, -0.2) is 54.3 Å². The Labute approximate surface area is 122 Å². The third-order valence-electron chi connectivity index (χ3n) is 3.49. The van der Waals surface area contributed by atoms with E-state index in [0.717, 1.165) is 25.9 Å². The fraction of sp³-hybridized carbons (Fsp3) is 0.692. The summed E-state index contributed by atoms with van der Waals surface area (Å²) in [5, 5.41) is 2.85. The molecule has 2 fully saturated rings. The van der Waals surface area contributed by atoms with Crippen LogP contribution in [0.25, 0.3) is 0 Å². The first kappa shape index (κ1) is 14.0. The van der Waals surface area contributed by atoms with Gasteiger partial charge in [0.2, 0.25) is 11.9 Å². The molecule has 0 bridgehead atoms. The van der Waals surface area contributed by atoms with Crippen LogP contribution in [0.15, 0.2) is 0 Å². The highest BCUT2D eigenvalue weighted by Crippen LogP contribution is 2.28. The molecular weight excluding hydrogens is 274 g/mol. The lowest BCUT2D eigenvalue weighted by molar-refractivity contribution is -0.122. The number of methoxy groups -OCH3 is 1. The number of nitrogens with zero attached hydrogens (tertiary/aromatic N) is 4. The van der Waals surface area contributed by atoms with Crippen LogP contribution in [0.5, 0.6) is 6.01 Å². The van der Waals surface area contributed by atoms with Crippen LogP contribution >= 0.6 is 0 Å². The molecule has 0 atom stereocenters. The van der Waals surface area contributed by atoms with E-state index in [1.165, 1.54) is 7.11 Å². The molecule has 3 rings (SSSR count). The first-order valence-electron chi connectivity index (χ1n) is 7.15. The number of ether oxygens (including phenoxy) is 2. The fourth-order valence-electron chi connectivity index (χ4n) is 2.12. The van der Waals surface area contributed by atoms with Crippen LogP contribution in [0.2, 0.25) is 0 Å². The van der Waals surface area contributed by atoms with E-state index in [0.29, 0.717) is 31.5 Å². The first-order valence-corrected chi connectivity index (χ1v) is 7.15. The monoisotopic (exact) mass is 293 g/mol. The van der Waals surface area contributed by atoms with E-state index in [-0.39, 0.29) is 17.8 Å². The topological polar surface area (TPSA) is 89.5 Å². The van der Waals surface area contributed by atoms with Gasteiger partial charge in [-0.15, -0.1) is 0 Å². The van der Waals surface area contributed by atoms with E-state index in [1.54, 1.807) is 0 Å². The Morgan fingerprint density at radius 3 is 2.76 bits per heavy atom. The van der Waals surface area contributed by atoms with Gasteiger partial charge in [0.1, 0.15) is 0 Å². The normalized spacial score (nSPS) is 18.4. The largest absolute Gasteiger partial charge is 0.467 e. The van der Waals surface area contributed by atoms with Crippen molar-refractivity contribution in [2.75, 3.05) is 38.3 Å². The maximum atomic E-state index is 11.7. The molecule has 2 aliphatic rings. The number of rotatable bonds is 5. The van der Waals surface area contributed by atoms with E-state index >= 15 is 0 Å². The van der Waals surface area contributed by atoms with Crippen molar-refractivity contribution in [1.82, 2.24) is 20.3 Å². The van der Waals surface area contributed by atoms with E-state index < -0.39 is 0 Å².